The van der Waals surface area contributed by atoms with E-state index < -0.39 is 17.1 Å². The minimum absolute atomic E-state index is 0.202. The Hall–Kier alpha value is -3.05. The molecular formula is C20H23N3O7S. The van der Waals surface area contributed by atoms with Crippen LogP contribution in [0.3, 0.4) is 0 Å². The molecule has 0 saturated carbocycles. The third-order valence-corrected chi connectivity index (χ3v) is 5.37. The van der Waals surface area contributed by atoms with Crippen LogP contribution < -0.4 is 15.2 Å². The Bertz CT molecular complexity index is 912. The van der Waals surface area contributed by atoms with Gasteiger partial charge in [0, 0.05) is 13.1 Å². The first-order valence-corrected chi connectivity index (χ1v) is 10.5. The van der Waals surface area contributed by atoms with Gasteiger partial charge < -0.3 is 24.8 Å². The lowest BCUT2D eigenvalue weighted by molar-refractivity contribution is -0.139. The van der Waals surface area contributed by atoms with Crippen LogP contribution in [-0.2, 0) is 19.1 Å². The lowest BCUT2D eigenvalue weighted by Crippen LogP contribution is -2.46. The molecule has 3 rings (SSSR count). The Morgan fingerprint density at radius 1 is 1.19 bits per heavy atom. The van der Waals surface area contributed by atoms with E-state index in [9.17, 15) is 19.2 Å². The van der Waals surface area contributed by atoms with Crippen LogP contribution >= 0.6 is 11.8 Å². The molecule has 0 spiro atoms. The maximum atomic E-state index is 12.7. The van der Waals surface area contributed by atoms with Gasteiger partial charge in [-0.3, -0.25) is 24.1 Å². The van der Waals surface area contributed by atoms with Crippen molar-refractivity contribution in [1.82, 2.24) is 9.80 Å². The normalized spacial score (nSPS) is 17.9. The van der Waals surface area contributed by atoms with Crippen molar-refractivity contribution in [1.29, 1.82) is 0 Å². The maximum absolute atomic E-state index is 12.7. The summed E-state index contributed by atoms with van der Waals surface area (Å²) < 4.78 is 16.1. The second-order valence-electron chi connectivity index (χ2n) is 6.66. The highest BCUT2D eigenvalue weighted by Crippen LogP contribution is 2.34. The topological polar surface area (TPSA) is 128 Å². The first-order chi connectivity index (χ1) is 14.9. The lowest BCUT2D eigenvalue weighted by Gasteiger charge is -2.28. The van der Waals surface area contributed by atoms with Crippen LogP contribution in [0.2, 0.25) is 0 Å². The number of ether oxygens (including phenoxy) is 3. The Morgan fingerprint density at radius 3 is 2.61 bits per heavy atom. The third-order valence-electron chi connectivity index (χ3n) is 4.47. The zero-order chi connectivity index (χ0) is 22.4. The molecule has 2 heterocycles. The molecule has 166 valence electrons. The number of carbonyl (C=O) groups is 4. The first kappa shape index (κ1) is 22.6. The number of nitrogens with zero attached hydrogens (tertiary/aromatic N) is 2. The number of thioether (sulfide) groups is 1. The monoisotopic (exact) mass is 449 g/mol. The number of nitrogens with two attached hydrogens (primary N) is 1. The molecule has 11 heteroatoms. The zero-order valence-electron chi connectivity index (χ0n) is 17.0. The van der Waals surface area contributed by atoms with Crippen molar-refractivity contribution in [2.24, 2.45) is 5.73 Å². The molecule has 31 heavy (non-hydrogen) atoms. The zero-order valence-corrected chi connectivity index (χ0v) is 17.8. The number of morpholine rings is 1. The summed E-state index contributed by atoms with van der Waals surface area (Å²) in [7, 11) is 0. The standard InChI is InChI=1S/C20H23N3O7S/c1-2-29-15-9-13(3-4-14(15)30-12-17(21)24)10-16-19(26)23(20(27)31-16)11-18(25)22-5-7-28-8-6-22/h3-4,9-10H,2,5-8,11-12H2,1H3,(H2,21,24)/b16-10+. The Balaban J connectivity index is 1.73. The molecule has 4 amide bonds. The van der Waals surface area contributed by atoms with Crippen LogP contribution in [0, 0.1) is 0 Å². The van der Waals surface area contributed by atoms with Gasteiger partial charge in [0.05, 0.1) is 24.7 Å². The van der Waals surface area contributed by atoms with Gasteiger partial charge in [-0.1, -0.05) is 6.07 Å². The maximum Gasteiger partial charge on any atom is 0.294 e. The van der Waals surface area contributed by atoms with Crippen molar-refractivity contribution < 1.29 is 33.4 Å². The van der Waals surface area contributed by atoms with Crippen molar-refractivity contribution in [3.05, 3.63) is 28.7 Å². The van der Waals surface area contributed by atoms with Gasteiger partial charge in [0.1, 0.15) is 6.54 Å². The van der Waals surface area contributed by atoms with Crippen molar-refractivity contribution in [2.45, 2.75) is 6.92 Å². The molecular weight excluding hydrogens is 426 g/mol. The van der Waals surface area contributed by atoms with Crippen molar-refractivity contribution >= 4 is 40.8 Å². The summed E-state index contributed by atoms with van der Waals surface area (Å²) in [6.07, 6.45) is 1.55. The van der Waals surface area contributed by atoms with Gasteiger partial charge in [0.15, 0.2) is 18.1 Å². The average molecular weight is 449 g/mol. The Labute approximate surface area is 183 Å². The van der Waals surface area contributed by atoms with Crippen LogP contribution in [0.4, 0.5) is 4.79 Å². The van der Waals surface area contributed by atoms with Crippen LogP contribution in [0.25, 0.3) is 6.08 Å². The summed E-state index contributed by atoms with van der Waals surface area (Å²) in [5, 5.41) is -0.496. The van der Waals surface area contributed by atoms with Crippen molar-refractivity contribution in [2.75, 3.05) is 46.1 Å². The molecule has 0 unspecified atom stereocenters. The van der Waals surface area contributed by atoms with Gasteiger partial charge in [-0.05, 0) is 42.5 Å². The molecule has 2 saturated heterocycles. The second kappa shape index (κ2) is 10.3. The van der Waals surface area contributed by atoms with E-state index in [-0.39, 0.29) is 24.0 Å². The fourth-order valence-electron chi connectivity index (χ4n) is 2.99. The second-order valence-corrected chi connectivity index (χ2v) is 7.65. The van der Waals surface area contributed by atoms with E-state index in [0.29, 0.717) is 50.0 Å². The van der Waals surface area contributed by atoms with E-state index in [1.807, 2.05) is 0 Å². The minimum Gasteiger partial charge on any atom is -0.490 e. The largest absolute Gasteiger partial charge is 0.490 e. The minimum atomic E-state index is -0.619. The number of amides is 4. The summed E-state index contributed by atoms with van der Waals surface area (Å²) in [5.41, 5.74) is 5.70. The van der Waals surface area contributed by atoms with E-state index in [1.54, 1.807) is 36.1 Å². The number of benzene rings is 1. The molecule has 0 radical (unpaired) electrons. The SMILES string of the molecule is CCOc1cc(/C=C2/SC(=O)N(CC(=O)N3CCOCC3)C2=O)ccc1OCC(N)=O. The molecule has 2 aliphatic heterocycles. The fraction of sp³-hybridized carbons (Fsp3) is 0.400. The lowest BCUT2D eigenvalue weighted by atomic mass is 10.2. The predicted molar refractivity (Wildman–Crippen MR) is 112 cm³/mol. The van der Waals surface area contributed by atoms with Crippen molar-refractivity contribution in [3.63, 3.8) is 0 Å². The highest BCUT2D eigenvalue weighted by molar-refractivity contribution is 8.18. The molecule has 0 atom stereocenters. The number of carbonyl (C=O) groups excluding carboxylic acids is 4. The highest BCUT2D eigenvalue weighted by atomic mass is 32.2. The summed E-state index contributed by atoms with van der Waals surface area (Å²) in [6, 6.07) is 4.88. The van der Waals surface area contributed by atoms with Crippen LogP contribution in [-0.4, -0.2) is 78.8 Å². The van der Waals surface area contributed by atoms with Crippen molar-refractivity contribution in [3.8, 4) is 11.5 Å². The predicted octanol–water partition coefficient (Wildman–Crippen LogP) is 0.845. The fourth-order valence-corrected chi connectivity index (χ4v) is 3.82. The number of hydrogen-bond acceptors (Lipinski definition) is 8. The van der Waals surface area contributed by atoms with E-state index in [4.69, 9.17) is 19.9 Å². The number of rotatable bonds is 8. The van der Waals surface area contributed by atoms with Crippen LogP contribution in [0.1, 0.15) is 12.5 Å². The highest BCUT2D eigenvalue weighted by Gasteiger charge is 2.37. The van der Waals surface area contributed by atoms with E-state index in [1.165, 1.54) is 0 Å². The molecule has 0 aliphatic carbocycles. The summed E-state index contributed by atoms with van der Waals surface area (Å²) >= 11 is 0.773. The number of imide groups is 1. The van der Waals surface area contributed by atoms with E-state index >= 15 is 0 Å². The Kier molecular flexibility index (Phi) is 7.53. The van der Waals surface area contributed by atoms with Gasteiger partial charge in [0.2, 0.25) is 5.91 Å². The molecule has 2 fully saturated rings. The summed E-state index contributed by atoms with van der Waals surface area (Å²) in [4.78, 5) is 51.1. The van der Waals surface area contributed by atoms with E-state index in [2.05, 4.69) is 0 Å². The van der Waals surface area contributed by atoms with Gasteiger partial charge >= 0.3 is 0 Å². The van der Waals surface area contributed by atoms with Crippen LogP contribution in [0.5, 0.6) is 11.5 Å². The molecule has 1 aromatic rings. The molecule has 10 nitrogen and oxygen atoms in total. The van der Waals surface area contributed by atoms with Gasteiger partial charge in [-0.15, -0.1) is 0 Å². The molecule has 2 N–H and O–H groups in total. The molecule has 1 aromatic carbocycles. The van der Waals surface area contributed by atoms with Gasteiger partial charge in [0.25, 0.3) is 17.1 Å². The van der Waals surface area contributed by atoms with E-state index in [0.717, 1.165) is 16.7 Å². The quantitative estimate of drug-likeness (QED) is 0.578. The smallest absolute Gasteiger partial charge is 0.294 e. The first-order valence-electron chi connectivity index (χ1n) is 9.68. The molecule has 0 aromatic heterocycles. The number of primary amides is 1. The average Bonchev–Trinajstić information content (AvgIpc) is 3.01. The van der Waals surface area contributed by atoms with Crippen LogP contribution in [0.15, 0.2) is 23.1 Å². The Morgan fingerprint density at radius 2 is 1.94 bits per heavy atom. The summed E-state index contributed by atoms with van der Waals surface area (Å²) in [6.45, 7) is 3.31. The number of hydrogen-bond donors (Lipinski definition) is 1. The molecule has 2 aliphatic rings. The summed E-state index contributed by atoms with van der Waals surface area (Å²) in [5.74, 6) is -0.724. The third kappa shape index (κ3) is 5.76. The van der Waals surface area contributed by atoms with Gasteiger partial charge in [-0.25, -0.2) is 0 Å². The molecule has 0 bridgehead atoms. The van der Waals surface area contributed by atoms with Gasteiger partial charge in [-0.2, -0.15) is 0 Å².